The molecule has 0 heterocycles. The summed E-state index contributed by atoms with van der Waals surface area (Å²) in [7, 11) is 0. The minimum atomic E-state index is -0.334. The first kappa shape index (κ1) is 13.1. The summed E-state index contributed by atoms with van der Waals surface area (Å²) in [5, 5.41) is 0. The molecular weight excluding hydrogens is 238 g/mol. The molecule has 0 aliphatic rings. The number of carbonyl (C=O) groups excluding carboxylic acids is 1. The Bertz CT molecular complexity index is 544. The fraction of sp³-hybridized carbons (Fsp3) is 0.188. The smallest absolute Gasteiger partial charge is 0.338 e. The Balaban J connectivity index is 1.94. The first-order valence-corrected chi connectivity index (χ1v) is 6.29. The van der Waals surface area contributed by atoms with Crippen molar-refractivity contribution in [3.8, 4) is 0 Å². The molecule has 98 valence electrons. The number of esters is 1. The van der Waals surface area contributed by atoms with Crippen LogP contribution in [0.4, 0.5) is 5.69 Å². The van der Waals surface area contributed by atoms with Crippen LogP contribution in [0.1, 0.15) is 28.4 Å². The molecule has 0 aromatic heterocycles. The summed E-state index contributed by atoms with van der Waals surface area (Å²) in [6.07, 6.45) is 1.01. The molecule has 0 atom stereocenters. The third kappa shape index (κ3) is 3.58. The third-order valence-electron chi connectivity index (χ3n) is 2.95. The number of anilines is 1. The van der Waals surface area contributed by atoms with Crippen molar-refractivity contribution in [3.63, 3.8) is 0 Å². The van der Waals surface area contributed by atoms with Crippen LogP contribution in [0.25, 0.3) is 0 Å². The number of benzene rings is 2. The van der Waals surface area contributed by atoms with E-state index in [0.717, 1.165) is 12.0 Å². The van der Waals surface area contributed by atoms with Crippen molar-refractivity contribution in [1.82, 2.24) is 0 Å². The zero-order valence-corrected chi connectivity index (χ0v) is 10.9. The van der Waals surface area contributed by atoms with E-state index in [9.17, 15) is 4.79 Å². The van der Waals surface area contributed by atoms with Crippen LogP contribution < -0.4 is 5.73 Å². The highest BCUT2D eigenvalue weighted by atomic mass is 16.5. The van der Waals surface area contributed by atoms with Crippen LogP contribution in [0.5, 0.6) is 0 Å². The quantitative estimate of drug-likeness (QED) is 0.674. The summed E-state index contributed by atoms with van der Waals surface area (Å²) in [5.41, 5.74) is 8.97. The van der Waals surface area contributed by atoms with E-state index in [4.69, 9.17) is 10.5 Å². The van der Waals surface area contributed by atoms with E-state index < -0.39 is 0 Å². The number of hydrogen-bond acceptors (Lipinski definition) is 3. The number of nitrogens with two attached hydrogens (primary N) is 1. The molecule has 0 saturated carbocycles. The van der Waals surface area contributed by atoms with E-state index in [1.807, 2.05) is 24.3 Å². The number of ether oxygens (including phenoxy) is 1. The van der Waals surface area contributed by atoms with Crippen molar-refractivity contribution in [2.45, 2.75) is 20.0 Å². The van der Waals surface area contributed by atoms with Gasteiger partial charge in [0.15, 0.2) is 0 Å². The molecule has 2 aromatic carbocycles. The Labute approximate surface area is 113 Å². The Hall–Kier alpha value is -2.29. The Kier molecular flexibility index (Phi) is 4.18. The van der Waals surface area contributed by atoms with E-state index in [1.165, 1.54) is 5.56 Å². The number of rotatable bonds is 4. The molecule has 0 amide bonds. The summed E-state index contributed by atoms with van der Waals surface area (Å²) < 4.78 is 5.25. The minimum absolute atomic E-state index is 0.285. The molecule has 19 heavy (non-hydrogen) atoms. The molecule has 0 radical (unpaired) electrons. The van der Waals surface area contributed by atoms with Gasteiger partial charge in [-0.3, -0.25) is 0 Å². The standard InChI is InChI=1S/C16H17NO2/c1-2-12-3-5-13(6-4-12)11-19-16(18)14-7-9-15(17)10-8-14/h3-10H,2,11,17H2,1H3. The molecule has 3 nitrogen and oxygen atoms in total. The normalized spacial score (nSPS) is 10.2. The van der Waals surface area contributed by atoms with Gasteiger partial charge in [-0.1, -0.05) is 31.2 Å². The largest absolute Gasteiger partial charge is 0.457 e. The van der Waals surface area contributed by atoms with Gasteiger partial charge in [0.1, 0.15) is 6.61 Å². The molecule has 0 fully saturated rings. The van der Waals surface area contributed by atoms with Crippen molar-refractivity contribution in [2.75, 3.05) is 5.73 Å². The summed E-state index contributed by atoms with van der Waals surface area (Å²) in [6, 6.07) is 14.8. The summed E-state index contributed by atoms with van der Waals surface area (Å²) >= 11 is 0. The molecule has 2 N–H and O–H groups in total. The Morgan fingerprint density at radius 2 is 1.58 bits per heavy atom. The number of nitrogen functional groups attached to an aromatic ring is 1. The van der Waals surface area contributed by atoms with Gasteiger partial charge in [-0.15, -0.1) is 0 Å². The van der Waals surface area contributed by atoms with E-state index >= 15 is 0 Å². The molecule has 0 unspecified atom stereocenters. The van der Waals surface area contributed by atoms with E-state index in [0.29, 0.717) is 11.3 Å². The lowest BCUT2D eigenvalue weighted by molar-refractivity contribution is 0.0473. The first-order valence-electron chi connectivity index (χ1n) is 6.29. The van der Waals surface area contributed by atoms with E-state index in [-0.39, 0.29) is 12.6 Å². The van der Waals surface area contributed by atoms with Crippen LogP contribution >= 0.6 is 0 Å². The summed E-state index contributed by atoms with van der Waals surface area (Å²) in [5.74, 6) is -0.334. The SMILES string of the molecule is CCc1ccc(COC(=O)c2ccc(N)cc2)cc1. The van der Waals surface area contributed by atoms with Crippen molar-refractivity contribution in [2.24, 2.45) is 0 Å². The van der Waals surface area contributed by atoms with Crippen LogP contribution in [0.15, 0.2) is 48.5 Å². The third-order valence-corrected chi connectivity index (χ3v) is 2.95. The number of carbonyl (C=O) groups is 1. The van der Waals surface area contributed by atoms with Crippen molar-refractivity contribution < 1.29 is 9.53 Å². The van der Waals surface area contributed by atoms with E-state index in [2.05, 4.69) is 6.92 Å². The lowest BCUT2D eigenvalue weighted by Crippen LogP contribution is -2.05. The van der Waals surface area contributed by atoms with Crippen LogP contribution in [0.3, 0.4) is 0 Å². The molecule has 2 rings (SSSR count). The first-order chi connectivity index (χ1) is 9.19. The van der Waals surface area contributed by atoms with Crippen LogP contribution in [0, 0.1) is 0 Å². The van der Waals surface area contributed by atoms with Gasteiger partial charge in [-0.2, -0.15) is 0 Å². The van der Waals surface area contributed by atoms with Gasteiger partial charge >= 0.3 is 5.97 Å². The molecular formula is C16H17NO2. The van der Waals surface area contributed by atoms with Gasteiger partial charge in [0.05, 0.1) is 5.56 Å². The molecule has 0 saturated heterocycles. The zero-order valence-electron chi connectivity index (χ0n) is 10.9. The Morgan fingerprint density at radius 1 is 1.00 bits per heavy atom. The predicted molar refractivity (Wildman–Crippen MR) is 75.8 cm³/mol. The molecule has 2 aromatic rings. The summed E-state index contributed by atoms with van der Waals surface area (Å²) in [6.45, 7) is 2.39. The second kappa shape index (κ2) is 6.05. The summed E-state index contributed by atoms with van der Waals surface area (Å²) in [4.78, 5) is 11.8. The maximum absolute atomic E-state index is 11.8. The van der Waals surface area contributed by atoms with Gasteiger partial charge in [0.25, 0.3) is 0 Å². The van der Waals surface area contributed by atoms with Gasteiger partial charge in [0, 0.05) is 5.69 Å². The predicted octanol–water partition coefficient (Wildman–Crippen LogP) is 3.19. The second-order valence-electron chi connectivity index (χ2n) is 4.37. The lowest BCUT2D eigenvalue weighted by Gasteiger charge is -2.06. The Morgan fingerprint density at radius 3 is 2.16 bits per heavy atom. The maximum Gasteiger partial charge on any atom is 0.338 e. The van der Waals surface area contributed by atoms with Crippen molar-refractivity contribution >= 4 is 11.7 Å². The number of hydrogen-bond donors (Lipinski definition) is 1. The van der Waals surface area contributed by atoms with Gasteiger partial charge in [0.2, 0.25) is 0 Å². The monoisotopic (exact) mass is 255 g/mol. The van der Waals surface area contributed by atoms with Crippen LogP contribution in [-0.4, -0.2) is 5.97 Å². The van der Waals surface area contributed by atoms with Gasteiger partial charge in [-0.25, -0.2) is 4.79 Å². The highest BCUT2D eigenvalue weighted by molar-refractivity contribution is 5.89. The highest BCUT2D eigenvalue weighted by Gasteiger charge is 2.06. The van der Waals surface area contributed by atoms with Crippen molar-refractivity contribution in [3.05, 3.63) is 65.2 Å². The topological polar surface area (TPSA) is 52.3 Å². The molecule has 0 aliphatic carbocycles. The van der Waals surface area contributed by atoms with Crippen LogP contribution in [0.2, 0.25) is 0 Å². The number of aryl methyl sites for hydroxylation is 1. The average molecular weight is 255 g/mol. The van der Waals surface area contributed by atoms with Gasteiger partial charge in [-0.05, 0) is 41.8 Å². The fourth-order valence-electron chi connectivity index (χ4n) is 1.72. The maximum atomic E-state index is 11.8. The van der Waals surface area contributed by atoms with Gasteiger partial charge < -0.3 is 10.5 Å². The van der Waals surface area contributed by atoms with Crippen molar-refractivity contribution in [1.29, 1.82) is 0 Å². The zero-order chi connectivity index (χ0) is 13.7. The molecule has 0 aliphatic heterocycles. The molecule has 3 heteroatoms. The molecule has 0 spiro atoms. The fourth-order valence-corrected chi connectivity index (χ4v) is 1.72. The highest BCUT2D eigenvalue weighted by Crippen LogP contribution is 2.10. The van der Waals surface area contributed by atoms with E-state index in [1.54, 1.807) is 24.3 Å². The lowest BCUT2D eigenvalue weighted by atomic mass is 10.1. The van der Waals surface area contributed by atoms with Crippen LogP contribution in [-0.2, 0) is 17.8 Å². The molecule has 0 bridgehead atoms. The minimum Gasteiger partial charge on any atom is -0.457 e. The second-order valence-corrected chi connectivity index (χ2v) is 4.37. The average Bonchev–Trinajstić information content (AvgIpc) is 2.46.